The fourth-order valence-electron chi connectivity index (χ4n) is 3.57. The number of rotatable bonds is 6. The van der Waals surface area contributed by atoms with Crippen molar-refractivity contribution >= 4 is 23.4 Å². The van der Waals surface area contributed by atoms with Crippen molar-refractivity contribution in [2.75, 3.05) is 38.5 Å². The fourth-order valence-corrected chi connectivity index (χ4v) is 3.57. The van der Waals surface area contributed by atoms with Crippen molar-refractivity contribution in [2.24, 2.45) is 5.73 Å². The minimum atomic E-state index is -0.814. The molecule has 1 aromatic heterocycles. The molecule has 3 aromatic rings. The Kier molecular flexibility index (Phi) is 6.66. The quantitative estimate of drug-likeness (QED) is 0.503. The molecule has 0 bridgehead atoms. The monoisotopic (exact) mass is 465 g/mol. The van der Waals surface area contributed by atoms with Gasteiger partial charge in [-0.15, -0.1) is 0 Å². The molecule has 0 aliphatic carbocycles. The minimum Gasteiger partial charge on any atom is -0.364 e. The van der Waals surface area contributed by atoms with Crippen molar-refractivity contribution in [3.63, 3.8) is 0 Å². The summed E-state index contributed by atoms with van der Waals surface area (Å²) in [6, 6.07) is 11.8. The van der Waals surface area contributed by atoms with Gasteiger partial charge in [-0.1, -0.05) is 0 Å². The molecule has 0 radical (unpaired) electrons. The van der Waals surface area contributed by atoms with Crippen LogP contribution in [0, 0.1) is 5.82 Å². The fraction of sp³-hybridized carbons (Fsp3) is 0.217. The summed E-state index contributed by atoms with van der Waals surface area (Å²) in [6.07, 6.45) is 1.35. The number of benzene rings is 2. The zero-order valence-corrected chi connectivity index (χ0v) is 18.5. The number of imidazole rings is 1. The highest BCUT2D eigenvalue weighted by molar-refractivity contribution is 6.05. The van der Waals surface area contributed by atoms with Crippen molar-refractivity contribution < 1.29 is 18.8 Å². The van der Waals surface area contributed by atoms with Crippen molar-refractivity contribution in [1.82, 2.24) is 24.9 Å². The van der Waals surface area contributed by atoms with Crippen molar-refractivity contribution in [3.8, 4) is 5.69 Å². The first-order valence-electron chi connectivity index (χ1n) is 10.6. The molecule has 1 aliphatic heterocycles. The zero-order valence-electron chi connectivity index (χ0n) is 18.5. The van der Waals surface area contributed by atoms with Crippen LogP contribution >= 0.6 is 0 Å². The molecule has 0 saturated carbocycles. The van der Waals surface area contributed by atoms with Gasteiger partial charge >= 0.3 is 0 Å². The van der Waals surface area contributed by atoms with Gasteiger partial charge in [0.25, 0.3) is 17.7 Å². The Morgan fingerprint density at radius 2 is 1.59 bits per heavy atom. The first-order chi connectivity index (χ1) is 16.3. The number of nitrogens with zero attached hydrogens (tertiary/aromatic N) is 4. The summed E-state index contributed by atoms with van der Waals surface area (Å²) in [5.74, 6) is -2.13. The maximum absolute atomic E-state index is 13.1. The lowest BCUT2D eigenvalue weighted by Crippen LogP contribution is -2.53. The summed E-state index contributed by atoms with van der Waals surface area (Å²) < 4.78 is 14.5. The number of hydrogen-bond donors (Lipinski definition) is 3. The van der Waals surface area contributed by atoms with Gasteiger partial charge in [-0.05, 0) is 55.6 Å². The van der Waals surface area contributed by atoms with Gasteiger partial charge in [-0.3, -0.25) is 24.4 Å². The number of piperazine rings is 1. The van der Waals surface area contributed by atoms with Crippen LogP contribution in [0.25, 0.3) is 5.69 Å². The Labute approximate surface area is 195 Å². The van der Waals surface area contributed by atoms with Crippen LogP contribution in [-0.2, 0) is 0 Å². The Morgan fingerprint density at radius 3 is 2.21 bits per heavy atom. The predicted octanol–water partition coefficient (Wildman–Crippen LogP) is 1.25. The van der Waals surface area contributed by atoms with Crippen LogP contribution < -0.4 is 16.5 Å². The van der Waals surface area contributed by atoms with Gasteiger partial charge in [0.1, 0.15) is 17.8 Å². The summed E-state index contributed by atoms with van der Waals surface area (Å²) in [4.78, 5) is 43.5. The minimum absolute atomic E-state index is 0.0227. The molecule has 4 rings (SSSR count). The highest BCUT2D eigenvalue weighted by atomic mass is 19.1. The average Bonchev–Trinajstić information content (AvgIpc) is 3.27. The molecular weight excluding hydrogens is 441 g/mol. The molecular formula is C23H24FN7O3. The van der Waals surface area contributed by atoms with Gasteiger partial charge in [0, 0.05) is 43.1 Å². The topological polar surface area (TPSA) is 126 Å². The van der Waals surface area contributed by atoms with Crippen LogP contribution in [0.4, 0.5) is 10.1 Å². The summed E-state index contributed by atoms with van der Waals surface area (Å²) in [5, 5.41) is 4.51. The number of hydrogen-bond acceptors (Lipinski definition) is 6. The highest BCUT2D eigenvalue weighted by Crippen LogP contribution is 2.19. The van der Waals surface area contributed by atoms with Gasteiger partial charge in [0.05, 0.1) is 0 Å². The smallest absolute Gasteiger partial charge is 0.285 e. The number of nitrogens with two attached hydrogens (primary N) is 1. The van der Waals surface area contributed by atoms with Crippen molar-refractivity contribution in [1.29, 1.82) is 0 Å². The number of carbonyl (C=O) groups excluding carboxylic acids is 3. The standard InChI is InChI=1S/C23H24FN7O3/c1-29-10-12-30(13-11-29)28-23(34)20-19(21(25)32)26-14-31(20)18-8-6-17(7-9-18)27-22(33)15-2-4-16(24)5-3-15/h2-9,14H,10-13H2,1H3,(H2,25,32)(H,27,33)(H,28,34). The van der Waals surface area contributed by atoms with Gasteiger partial charge in [-0.2, -0.15) is 0 Å². The van der Waals surface area contributed by atoms with Crippen LogP contribution in [0.5, 0.6) is 0 Å². The molecule has 176 valence electrons. The maximum Gasteiger partial charge on any atom is 0.285 e. The number of amides is 3. The van der Waals surface area contributed by atoms with E-state index < -0.39 is 23.5 Å². The van der Waals surface area contributed by atoms with Crippen LogP contribution in [0.1, 0.15) is 31.3 Å². The molecule has 1 aliphatic rings. The molecule has 11 heteroatoms. The van der Waals surface area contributed by atoms with E-state index in [0.717, 1.165) is 13.1 Å². The van der Waals surface area contributed by atoms with E-state index in [1.165, 1.54) is 35.2 Å². The molecule has 0 unspecified atom stereocenters. The third kappa shape index (κ3) is 5.11. The molecule has 2 aromatic carbocycles. The molecule has 1 fully saturated rings. The molecule has 2 heterocycles. The Bertz CT molecular complexity index is 1200. The third-order valence-corrected chi connectivity index (χ3v) is 5.49. The van der Waals surface area contributed by atoms with Crippen LogP contribution in [0.15, 0.2) is 54.9 Å². The van der Waals surface area contributed by atoms with Crippen LogP contribution in [-0.4, -0.2) is 70.4 Å². The van der Waals surface area contributed by atoms with E-state index in [-0.39, 0.29) is 11.4 Å². The van der Waals surface area contributed by atoms with E-state index in [9.17, 15) is 18.8 Å². The second kappa shape index (κ2) is 9.81. The summed E-state index contributed by atoms with van der Waals surface area (Å²) in [6.45, 7) is 2.89. The molecule has 10 nitrogen and oxygen atoms in total. The van der Waals surface area contributed by atoms with Crippen molar-refractivity contribution in [3.05, 3.63) is 77.6 Å². The second-order valence-corrected chi connectivity index (χ2v) is 7.92. The number of carbonyl (C=O) groups is 3. The van der Waals surface area contributed by atoms with E-state index in [2.05, 4.69) is 20.6 Å². The van der Waals surface area contributed by atoms with E-state index in [4.69, 9.17) is 5.73 Å². The summed E-state index contributed by atoms with van der Waals surface area (Å²) in [7, 11) is 2.01. The molecule has 1 saturated heterocycles. The largest absolute Gasteiger partial charge is 0.364 e. The lowest BCUT2D eigenvalue weighted by atomic mass is 10.2. The number of anilines is 1. The number of likely N-dealkylation sites (N-methyl/N-ethyl adjacent to an activating group) is 1. The zero-order chi connectivity index (χ0) is 24.2. The SMILES string of the molecule is CN1CCN(NC(=O)c2c(C(N)=O)ncn2-c2ccc(NC(=O)c3ccc(F)cc3)cc2)CC1. The summed E-state index contributed by atoms with van der Waals surface area (Å²) >= 11 is 0. The maximum atomic E-state index is 13.1. The normalized spacial score (nSPS) is 14.5. The first-order valence-corrected chi connectivity index (χ1v) is 10.6. The lowest BCUT2D eigenvalue weighted by molar-refractivity contribution is 0.0652. The number of primary amides is 1. The molecule has 0 spiro atoms. The molecule has 0 atom stereocenters. The lowest BCUT2D eigenvalue weighted by Gasteiger charge is -2.32. The molecule has 4 N–H and O–H groups in total. The van der Waals surface area contributed by atoms with E-state index in [0.29, 0.717) is 30.0 Å². The predicted molar refractivity (Wildman–Crippen MR) is 123 cm³/mol. The Morgan fingerprint density at radius 1 is 0.941 bits per heavy atom. The van der Waals surface area contributed by atoms with Gasteiger partial charge in [-0.25, -0.2) is 14.4 Å². The Balaban J connectivity index is 1.53. The van der Waals surface area contributed by atoms with Gasteiger partial charge in [0.2, 0.25) is 0 Å². The van der Waals surface area contributed by atoms with Gasteiger partial charge < -0.3 is 16.0 Å². The average molecular weight is 465 g/mol. The number of hydrazine groups is 1. The van der Waals surface area contributed by atoms with E-state index in [1.807, 2.05) is 7.05 Å². The molecule has 3 amide bonds. The first kappa shape index (κ1) is 23.1. The second-order valence-electron chi connectivity index (χ2n) is 7.92. The number of nitrogens with one attached hydrogen (secondary N) is 2. The van der Waals surface area contributed by atoms with E-state index >= 15 is 0 Å². The van der Waals surface area contributed by atoms with Gasteiger partial charge in [0.15, 0.2) is 5.69 Å². The number of aromatic nitrogens is 2. The molecule has 34 heavy (non-hydrogen) atoms. The third-order valence-electron chi connectivity index (χ3n) is 5.49. The highest BCUT2D eigenvalue weighted by Gasteiger charge is 2.25. The Hall–Kier alpha value is -4.09. The van der Waals surface area contributed by atoms with Crippen LogP contribution in [0.2, 0.25) is 0 Å². The number of halogens is 1. The van der Waals surface area contributed by atoms with Crippen LogP contribution in [0.3, 0.4) is 0 Å². The van der Waals surface area contributed by atoms with E-state index in [1.54, 1.807) is 29.3 Å². The summed E-state index contributed by atoms with van der Waals surface area (Å²) in [5.41, 5.74) is 9.51. The van der Waals surface area contributed by atoms with Crippen molar-refractivity contribution in [2.45, 2.75) is 0 Å².